The van der Waals surface area contributed by atoms with Crippen LogP contribution in [0.1, 0.15) is 31.7 Å². The minimum Gasteiger partial charge on any atom is -0.493 e. The molecule has 0 spiro atoms. The Labute approximate surface area is 130 Å². The highest BCUT2D eigenvalue weighted by molar-refractivity contribution is 5.84. The summed E-state index contributed by atoms with van der Waals surface area (Å²) >= 11 is 0. The van der Waals surface area contributed by atoms with Crippen molar-refractivity contribution < 1.29 is 28.5 Å². The summed E-state index contributed by atoms with van der Waals surface area (Å²) in [5.41, 5.74) is 0.615. The Kier molecular flexibility index (Phi) is 7.22. The molecule has 22 heavy (non-hydrogen) atoms. The standard InChI is InChI=1S/C16H22O6/c1-5-21-15(17)10-12(16(18)22-6-2)11-7-8-13(19-3)14(9-11)20-4/h7-9,12H,5-6,10H2,1-4H3. The second kappa shape index (κ2) is 8.92. The number of carbonyl (C=O) groups is 2. The van der Waals surface area contributed by atoms with Crippen LogP contribution in [0.15, 0.2) is 18.2 Å². The summed E-state index contributed by atoms with van der Waals surface area (Å²) < 4.78 is 20.4. The van der Waals surface area contributed by atoms with Gasteiger partial charge in [-0.1, -0.05) is 6.07 Å². The van der Waals surface area contributed by atoms with Crippen LogP contribution in [-0.4, -0.2) is 39.4 Å². The van der Waals surface area contributed by atoms with Crippen molar-refractivity contribution in [2.24, 2.45) is 0 Å². The number of rotatable bonds is 8. The lowest BCUT2D eigenvalue weighted by atomic mass is 9.95. The molecule has 0 aliphatic carbocycles. The first-order chi connectivity index (χ1) is 10.6. The molecule has 0 amide bonds. The van der Waals surface area contributed by atoms with E-state index in [9.17, 15) is 9.59 Å². The van der Waals surface area contributed by atoms with Crippen LogP contribution in [0.4, 0.5) is 0 Å². The molecule has 0 aliphatic rings. The van der Waals surface area contributed by atoms with E-state index in [1.807, 2.05) is 0 Å². The van der Waals surface area contributed by atoms with E-state index in [-0.39, 0.29) is 19.6 Å². The van der Waals surface area contributed by atoms with Gasteiger partial charge in [-0.15, -0.1) is 0 Å². The summed E-state index contributed by atoms with van der Waals surface area (Å²) in [6.07, 6.45) is -0.0812. The molecule has 6 nitrogen and oxygen atoms in total. The highest BCUT2D eigenvalue weighted by Gasteiger charge is 2.27. The third-order valence-electron chi connectivity index (χ3n) is 3.06. The summed E-state index contributed by atoms with van der Waals surface area (Å²) in [5.74, 6) is -0.625. The van der Waals surface area contributed by atoms with E-state index >= 15 is 0 Å². The summed E-state index contributed by atoms with van der Waals surface area (Å²) in [6.45, 7) is 3.94. The maximum absolute atomic E-state index is 12.1. The molecule has 0 saturated carbocycles. The second-order valence-electron chi connectivity index (χ2n) is 4.43. The van der Waals surface area contributed by atoms with Gasteiger partial charge in [0, 0.05) is 0 Å². The van der Waals surface area contributed by atoms with E-state index in [0.717, 1.165) is 0 Å². The fraction of sp³-hybridized carbons (Fsp3) is 0.500. The van der Waals surface area contributed by atoms with Crippen LogP contribution in [0.5, 0.6) is 11.5 Å². The number of ether oxygens (including phenoxy) is 4. The number of esters is 2. The molecule has 122 valence electrons. The number of hydrogen-bond donors (Lipinski definition) is 0. The largest absolute Gasteiger partial charge is 0.493 e. The predicted molar refractivity (Wildman–Crippen MR) is 80.2 cm³/mol. The summed E-state index contributed by atoms with van der Waals surface area (Å²) in [6, 6.07) is 5.06. The van der Waals surface area contributed by atoms with E-state index < -0.39 is 17.9 Å². The number of hydrogen-bond acceptors (Lipinski definition) is 6. The van der Waals surface area contributed by atoms with Crippen molar-refractivity contribution in [3.05, 3.63) is 23.8 Å². The monoisotopic (exact) mass is 310 g/mol. The molecule has 6 heteroatoms. The van der Waals surface area contributed by atoms with Crippen LogP contribution in [0.25, 0.3) is 0 Å². The normalized spacial score (nSPS) is 11.5. The zero-order valence-corrected chi connectivity index (χ0v) is 13.4. The van der Waals surface area contributed by atoms with E-state index in [1.165, 1.54) is 14.2 Å². The Bertz CT molecular complexity index is 511. The van der Waals surface area contributed by atoms with Crippen LogP contribution in [-0.2, 0) is 19.1 Å². The number of methoxy groups -OCH3 is 2. The SMILES string of the molecule is CCOC(=O)CC(C(=O)OCC)c1ccc(OC)c(OC)c1. The van der Waals surface area contributed by atoms with Crippen molar-refractivity contribution in [2.75, 3.05) is 27.4 Å². The molecule has 0 aliphatic heterocycles. The minimum absolute atomic E-state index is 0.0812. The predicted octanol–water partition coefficient (Wildman–Crippen LogP) is 2.30. The Morgan fingerprint density at radius 2 is 1.64 bits per heavy atom. The van der Waals surface area contributed by atoms with Crippen LogP contribution in [0, 0.1) is 0 Å². The van der Waals surface area contributed by atoms with Crippen molar-refractivity contribution >= 4 is 11.9 Å². The van der Waals surface area contributed by atoms with Gasteiger partial charge in [0.2, 0.25) is 0 Å². The Morgan fingerprint density at radius 1 is 1.00 bits per heavy atom. The third-order valence-corrected chi connectivity index (χ3v) is 3.06. The molecule has 1 aromatic rings. The lowest BCUT2D eigenvalue weighted by Crippen LogP contribution is -2.20. The molecule has 0 aromatic heterocycles. The first-order valence-corrected chi connectivity index (χ1v) is 7.11. The lowest BCUT2D eigenvalue weighted by Gasteiger charge is -2.17. The van der Waals surface area contributed by atoms with Gasteiger partial charge in [-0.2, -0.15) is 0 Å². The molecular weight excluding hydrogens is 288 g/mol. The Hall–Kier alpha value is -2.24. The van der Waals surface area contributed by atoms with E-state index in [1.54, 1.807) is 32.0 Å². The first-order valence-electron chi connectivity index (χ1n) is 7.11. The molecule has 1 aromatic carbocycles. The zero-order chi connectivity index (χ0) is 16.5. The van der Waals surface area contributed by atoms with Gasteiger partial charge in [0.25, 0.3) is 0 Å². The van der Waals surface area contributed by atoms with Crippen LogP contribution in [0.2, 0.25) is 0 Å². The summed E-state index contributed by atoms with van der Waals surface area (Å²) in [4.78, 5) is 23.9. The van der Waals surface area contributed by atoms with E-state index in [0.29, 0.717) is 17.1 Å². The molecule has 1 rings (SSSR count). The molecule has 0 fully saturated rings. The van der Waals surface area contributed by atoms with Crippen LogP contribution < -0.4 is 9.47 Å². The maximum atomic E-state index is 12.1. The van der Waals surface area contributed by atoms with Crippen molar-refractivity contribution in [2.45, 2.75) is 26.2 Å². The van der Waals surface area contributed by atoms with Gasteiger partial charge in [-0.05, 0) is 31.5 Å². The fourth-order valence-electron chi connectivity index (χ4n) is 2.04. The van der Waals surface area contributed by atoms with Crippen molar-refractivity contribution in [3.63, 3.8) is 0 Å². The van der Waals surface area contributed by atoms with Gasteiger partial charge in [0.05, 0.1) is 39.8 Å². The van der Waals surface area contributed by atoms with E-state index in [2.05, 4.69) is 0 Å². The summed E-state index contributed by atoms with van der Waals surface area (Å²) in [5, 5.41) is 0. The summed E-state index contributed by atoms with van der Waals surface area (Å²) in [7, 11) is 3.03. The average Bonchev–Trinajstić information content (AvgIpc) is 2.52. The van der Waals surface area contributed by atoms with Gasteiger partial charge in [-0.25, -0.2) is 0 Å². The zero-order valence-electron chi connectivity index (χ0n) is 13.4. The molecule has 0 radical (unpaired) electrons. The number of carbonyl (C=O) groups excluding carboxylic acids is 2. The highest BCUT2D eigenvalue weighted by atomic mass is 16.5. The Balaban J connectivity index is 3.09. The van der Waals surface area contributed by atoms with Gasteiger partial charge in [0.15, 0.2) is 11.5 Å². The minimum atomic E-state index is -0.737. The van der Waals surface area contributed by atoms with Gasteiger partial charge < -0.3 is 18.9 Å². The van der Waals surface area contributed by atoms with Crippen molar-refractivity contribution in [3.8, 4) is 11.5 Å². The number of benzene rings is 1. The second-order valence-corrected chi connectivity index (χ2v) is 4.43. The maximum Gasteiger partial charge on any atom is 0.314 e. The molecule has 0 heterocycles. The molecule has 1 atom stereocenters. The molecule has 0 bridgehead atoms. The molecular formula is C16H22O6. The van der Waals surface area contributed by atoms with Crippen molar-refractivity contribution in [1.29, 1.82) is 0 Å². The van der Waals surface area contributed by atoms with E-state index in [4.69, 9.17) is 18.9 Å². The molecule has 1 unspecified atom stereocenters. The van der Waals surface area contributed by atoms with Crippen LogP contribution in [0.3, 0.4) is 0 Å². The lowest BCUT2D eigenvalue weighted by molar-refractivity contribution is -0.151. The van der Waals surface area contributed by atoms with Gasteiger partial charge in [-0.3, -0.25) is 9.59 Å². The van der Waals surface area contributed by atoms with Crippen LogP contribution >= 0.6 is 0 Å². The average molecular weight is 310 g/mol. The first kappa shape index (κ1) is 17.8. The van der Waals surface area contributed by atoms with Gasteiger partial charge in [0.1, 0.15) is 0 Å². The topological polar surface area (TPSA) is 71.1 Å². The molecule has 0 N–H and O–H groups in total. The molecule has 0 saturated heterocycles. The van der Waals surface area contributed by atoms with Crippen molar-refractivity contribution in [1.82, 2.24) is 0 Å². The smallest absolute Gasteiger partial charge is 0.314 e. The highest BCUT2D eigenvalue weighted by Crippen LogP contribution is 2.32. The third kappa shape index (κ3) is 4.65. The fourth-order valence-corrected chi connectivity index (χ4v) is 2.04. The van der Waals surface area contributed by atoms with Gasteiger partial charge >= 0.3 is 11.9 Å². The Morgan fingerprint density at radius 3 is 2.18 bits per heavy atom. The quantitative estimate of drug-likeness (QED) is 0.686.